The van der Waals surface area contributed by atoms with Crippen LogP contribution < -0.4 is 16.0 Å². The average Bonchev–Trinajstić information content (AvgIpc) is 2.96. The van der Waals surface area contributed by atoms with E-state index in [2.05, 4.69) is 23.2 Å². The first-order valence-electron chi connectivity index (χ1n) is 11.8. The van der Waals surface area contributed by atoms with Crippen LogP contribution in [0, 0.1) is 0 Å². The Kier molecular flexibility index (Phi) is 4.70. The quantitative estimate of drug-likeness (QED) is 0.225. The van der Waals surface area contributed by atoms with Gasteiger partial charge in [0, 0.05) is 49.9 Å². The summed E-state index contributed by atoms with van der Waals surface area (Å²) < 4.78 is 15.5. The van der Waals surface area contributed by atoms with Crippen LogP contribution in [-0.2, 0) is 4.57 Å². The van der Waals surface area contributed by atoms with Gasteiger partial charge in [-0.3, -0.25) is 9.97 Å². The van der Waals surface area contributed by atoms with E-state index in [9.17, 15) is 0 Å². The number of pyridine rings is 3. The molecular formula is C31H20N3OP. The van der Waals surface area contributed by atoms with Gasteiger partial charge < -0.3 is 4.57 Å². The van der Waals surface area contributed by atoms with E-state index in [1.807, 2.05) is 97.2 Å². The minimum absolute atomic E-state index is 0.580. The average molecular weight is 481 g/mol. The van der Waals surface area contributed by atoms with E-state index in [-0.39, 0.29) is 0 Å². The van der Waals surface area contributed by atoms with Crippen LogP contribution in [0.5, 0.6) is 0 Å². The normalized spacial score (nSPS) is 12.0. The highest BCUT2D eigenvalue weighted by molar-refractivity contribution is 7.85. The summed E-state index contributed by atoms with van der Waals surface area (Å²) in [6.07, 6.45) is 3.67. The van der Waals surface area contributed by atoms with Crippen LogP contribution >= 0.6 is 7.14 Å². The van der Waals surface area contributed by atoms with Gasteiger partial charge in [-0.15, -0.1) is 0 Å². The van der Waals surface area contributed by atoms with Crippen LogP contribution in [0.3, 0.4) is 0 Å². The van der Waals surface area contributed by atoms with E-state index < -0.39 is 7.14 Å². The molecule has 0 bridgehead atoms. The second-order valence-corrected chi connectivity index (χ2v) is 11.5. The summed E-state index contributed by atoms with van der Waals surface area (Å²) in [7, 11) is -3.35. The van der Waals surface area contributed by atoms with Gasteiger partial charge in [0.2, 0.25) is 0 Å². The summed E-state index contributed by atoms with van der Waals surface area (Å²) in [6.45, 7) is 0. The maximum absolute atomic E-state index is 15.5. The molecule has 36 heavy (non-hydrogen) atoms. The highest BCUT2D eigenvalue weighted by atomic mass is 31.2. The molecule has 4 aromatic carbocycles. The van der Waals surface area contributed by atoms with Crippen LogP contribution in [0.4, 0.5) is 0 Å². The van der Waals surface area contributed by atoms with Crippen molar-refractivity contribution in [2.45, 2.75) is 0 Å². The number of rotatable bonds is 3. The van der Waals surface area contributed by atoms with Crippen molar-refractivity contribution in [2.75, 3.05) is 0 Å². The van der Waals surface area contributed by atoms with Gasteiger partial charge in [0.1, 0.15) is 5.44 Å². The minimum atomic E-state index is -3.35. The van der Waals surface area contributed by atoms with Gasteiger partial charge in [-0.25, -0.2) is 4.98 Å². The molecule has 0 saturated heterocycles. The van der Waals surface area contributed by atoms with Gasteiger partial charge in [-0.1, -0.05) is 97.1 Å². The van der Waals surface area contributed by atoms with Gasteiger partial charge in [0.15, 0.2) is 7.14 Å². The van der Waals surface area contributed by atoms with Crippen molar-refractivity contribution in [3.63, 3.8) is 0 Å². The molecule has 0 spiro atoms. The summed E-state index contributed by atoms with van der Waals surface area (Å²) in [4.78, 5) is 14.7. The monoisotopic (exact) mass is 481 g/mol. The lowest BCUT2D eigenvalue weighted by molar-refractivity contribution is 0.592. The number of fused-ring (bicyclic) bond motifs is 7. The molecular weight excluding hydrogens is 461 g/mol. The first-order valence-corrected chi connectivity index (χ1v) is 13.5. The van der Waals surface area contributed by atoms with Crippen LogP contribution in [0.2, 0.25) is 0 Å². The van der Waals surface area contributed by atoms with E-state index in [0.29, 0.717) is 5.44 Å². The first-order chi connectivity index (χ1) is 17.7. The third kappa shape index (κ3) is 3.02. The van der Waals surface area contributed by atoms with E-state index >= 15 is 4.57 Å². The smallest absolute Gasteiger partial charge is 0.189 e. The number of hydrogen-bond acceptors (Lipinski definition) is 4. The molecule has 7 rings (SSSR count). The van der Waals surface area contributed by atoms with Crippen molar-refractivity contribution in [2.24, 2.45) is 0 Å². The molecule has 3 aromatic heterocycles. The summed E-state index contributed by atoms with van der Waals surface area (Å²) in [6, 6.07) is 35.5. The molecule has 170 valence electrons. The topological polar surface area (TPSA) is 55.7 Å². The van der Waals surface area contributed by atoms with Crippen molar-refractivity contribution in [3.8, 4) is 0 Å². The zero-order chi connectivity index (χ0) is 24.1. The Hall–Kier alpha value is -4.40. The third-order valence-corrected chi connectivity index (χ3v) is 9.76. The zero-order valence-corrected chi connectivity index (χ0v) is 20.1. The number of aromatic nitrogens is 3. The minimum Gasteiger partial charge on any atom is -0.307 e. The predicted molar refractivity (Wildman–Crippen MR) is 149 cm³/mol. The van der Waals surface area contributed by atoms with Crippen LogP contribution in [0.15, 0.2) is 122 Å². The standard InChI is InChI=1S/C31H20N3OP/c35-36(22-11-3-1-4-12-22,23-13-5-2-6-14-23)31-28-25-18-17-21-10-9-19-32-29(21)30(25)33-20-26(28)24-15-7-8-16-27(24)34-31/h1-20H. The maximum atomic E-state index is 15.5. The Bertz CT molecular complexity index is 1930. The van der Waals surface area contributed by atoms with Gasteiger partial charge in [-0.05, 0) is 12.1 Å². The van der Waals surface area contributed by atoms with E-state index in [1.165, 1.54) is 0 Å². The number of benzene rings is 4. The molecule has 0 amide bonds. The number of para-hydroxylation sites is 1. The molecule has 0 aliphatic carbocycles. The summed E-state index contributed by atoms with van der Waals surface area (Å²) in [5.41, 5.74) is 2.99. The molecule has 0 saturated carbocycles. The van der Waals surface area contributed by atoms with Crippen molar-refractivity contribution >= 4 is 66.7 Å². The van der Waals surface area contributed by atoms with E-state index in [1.54, 1.807) is 6.20 Å². The van der Waals surface area contributed by atoms with Gasteiger partial charge in [-0.2, -0.15) is 0 Å². The van der Waals surface area contributed by atoms with Gasteiger partial charge >= 0.3 is 0 Å². The Labute approximate surface area is 207 Å². The molecule has 4 nitrogen and oxygen atoms in total. The van der Waals surface area contributed by atoms with Crippen molar-refractivity contribution in [1.82, 2.24) is 15.0 Å². The van der Waals surface area contributed by atoms with Crippen LogP contribution in [0.25, 0.3) is 43.5 Å². The van der Waals surface area contributed by atoms with Gasteiger partial charge in [0.05, 0.1) is 16.6 Å². The van der Waals surface area contributed by atoms with Gasteiger partial charge in [0.25, 0.3) is 0 Å². The van der Waals surface area contributed by atoms with Crippen LogP contribution in [0.1, 0.15) is 0 Å². The van der Waals surface area contributed by atoms with E-state index in [4.69, 9.17) is 9.97 Å². The Balaban J connectivity index is 1.73. The molecule has 0 radical (unpaired) electrons. The lowest BCUT2D eigenvalue weighted by atomic mass is 10.0. The van der Waals surface area contributed by atoms with Crippen molar-refractivity contribution in [3.05, 3.63) is 122 Å². The first kappa shape index (κ1) is 20.9. The zero-order valence-electron chi connectivity index (χ0n) is 19.2. The van der Waals surface area contributed by atoms with Crippen molar-refractivity contribution < 1.29 is 4.57 Å². The molecule has 7 aromatic rings. The molecule has 0 unspecified atom stereocenters. The fourth-order valence-corrected chi connectivity index (χ4v) is 7.89. The highest BCUT2D eigenvalue weighted by Crippen LogP contribution is 2.46. The fraction of sp³-hybridized carbons (Fsp3) is 0. The lowest BCUT2D eigenvalue weighted by Crippen LogP contribution is -2.28. The summed E-state index contributed by atoms with van der Waals surface area (Å²) in [5.74, 6) is 0. The lowest BCUT2D eigenvalue weighted by Gasteiger charge is -2.22. The number of nitrogens with zero attached hydrogens (tertiary/aromatic N) is 3. The SMILES string of the molecule is O=P(c1ccccc1)(c1ccccc1)c1nc2ccccc2c2cnc3c(ccc4cccnc43)c12. The molecule has 0 N–H and O–H groups in total. The Morgan fingerprint density at radius 1 is 0.556 bits per heavy atom. The number of hydrogen-bond donors (Lipinski definition) is 0. The second-order valence-electron chi connectivity index (χ2n) is 8.82. The Morgan fingerprint density at radius 2 is 1.25 bits per heavy atom. The summed E-state index contributed by atoms with van der Waals surface area (Å²) in [5, 5.41) is 6.21. The molecule has 3 heterocycles. The molecule has 0 aliphatic heterocycles. The highest BCUT2D eigenvalue weighted by Gasteiger charge is 2.34. The van der Waals surface area contributed by atoms with E-state index in [0.717, 1.165) is 54.1 Å². The maximum Gasteiger partial charge on any atom is 0.189 e. The van der Waals surface area contributed by atoms with Crippen molar-refractivity contribution in [1.29, 1.82) is 0 Å². The summed E-state index contributed by atoms with van der Waals surface area (Å²) >= 11 is 0. The van der Waals surface area contributed by atoms with Crippen LogP contribution in [-0.4, -0.2) is 15.0 Å². The Morgan fingerprint density at radius 3 is 2.00 bits per heavy atom. The molecule has 0 atom stereocenters. The fourth-order valence-electron chi connectivity index (χ4n) is 5.11. The second kappa shape index (κ2) is 8.08. The largest absolute Gasteiger partial charge is 0.307 e. The third-order valence-electron chi connectivity index (χ3n) is 6.79. The molecule has 5 heteroatoms. The molecule has 0 aliphatic rings. The molecule has 0 fully saturated rings. The predicted octanol–water partition coefficient (Wildman–Crippen LogP) is 6.12.